The van der Waals surface area contributed by atoms with Crippen molar-refractivity contribution in [2.75, 3.05) is 26.0 Å². The number of amides is 2. The number of hydrogen-bond acceptors (Lipinski definition) is 4. The van der Waals surface area contributed by atoms with Gasteiger partial charge in [-0.05, 0) is 36.4 Å². The van der Waals surface area contributed by atoms with Gasteiger partial charge in [0.25, 0.3) is 5.91 Å². The Kier molecular flexibility index (Phi) is 5.69. The third kappa shape index (κ3) is 4.35. The van der Waals surface area contributed by atoms with Gasteiger partial charge in [-0.3, -0.25) is 9.59 Å². The molecule has 0 bridgehead atoms. The van der Waals surface area contributed by atoms with Gasteiger partial charge in [-0.2, -0.15) is 5.10 Å². The summed E-state index contributed by atoms with van der Waals surface area (Å²) in [5, 5.41) is 6.91. The van der Waals surface area contributed by atoms with Crippen LogP contribution in [0.25, 0.3) is 5.69 Å². The normalized spacial score (nSPS) is 10.4. The lowest BCUT2D eigenvalue weighted by molar-refractivity contribution is -0.116. The zero-order valence-electron chi connectivity index (χ0n) is 15.4. The number of anilines is 1. The molecule has 0 atom stereocenters. The molecular formula is C20H19FN4O3. The van der Waals surface area contributed by atoms with Crippen LogP contribution in [-0.4, -0.2) is 47.2 Å². The lowest BCUT2D eigenvalue weighted by Gasteiger charge is -2.16. The molecule has 2 aromatic carbocycles. The summed E-state index contributed by atoms with van der Waals surface area (Å²) in [6.45, 7) is -0.197. The van der Waals surface area contributed by atoms with Crippen molar-refractivity contribution in [3.05, 3.63) is 72.3 Å². The van der Waals surface area contributed by atoms with Gasteiger partial charge in [0.05, 0.1) is 25.5 Å². The minimum absolute atomic E-state index is 0.100. The first kappa shape index (κ1) is 19.1. The van der Waals surface area contributed by atoms with E-state index in [1.165, 1.54) is 43.3 Å². The number of aromatic nitrogens is 2. The van der Waals surface area contributed by atoms with Gasteiger partial charge in [-0.25, -0.2) is 9.07 Å². The number of nitrogens with one attached hydrogen (secondary N) is 1. The van der Waals surface area contributed by atoms with E-state index < -0.39 is 17.6 Å². The number of methoxy groups -OCH3 is 1. The van der Waals surface area contributed by atoms with Gasteiger partial charge in [-0.1, -0.05) is 18.2 Å². The van der Waals surface area contributed by atoms with Crippen molar-refractivity contribution in [3.63, 3.8) is 0 Å². The van der Waals surface area contributed by atoms with Crippen LogP contribution in [0.2, 0.25) is 0 Å². The van der Waals surface area contributed by atoms with Crippen molar-refractivity contribution < 1.29 is 18.7 Å². The van der Waals surface area contributed by atoms with Crippen molar-refractivity contribution in [2.45, 2.75) is 0 Å². The fraction of sp³-hybridized carbons (Fsp3) is 0.150. The van der Waals surface area contributed by atoms with Crippen LogP contribution in [0.15, 0.2) is 60.8 Å². The van der Waals surface area contributed by atoms with Crippen LogP contribution in [-0.2, 0) is 4.79 Å². The summed E-state index contributed by atoms with van der Waals surface area (Å²) >= 11 is 0. The van der Waals surface area contributed by atoms with Gasteiger partial charge in [0.2, 0.25) is 5.91 Å². The number of hydrogen-bond donors (Lipinski definition) is 1. The Labute approximate surface area is 161 Å². The van der Waals surface area contributed by atoms with E-state index in [1.807, 2.05) is 30.3 Å². The van der Waals surface area contributed by atoms with E-state index in [2.05, 4.69) is 10.4 Å². The van der Waals surface area contributed by atoms with Crippen LogP contribution >= 0.6 is 0 Å². The van der Waals surface area contributed by atoms with Crippen molar-refractivity contribution >= 4 is 17.5 Å². The number of rotatable bonds is 6. The molecule has 0 radical (unpaired) electrons. The number of para-hydroxylation sites is 1. The van der Waals surface area contributed by atoms with Crippen molar-refractivity contribution in [2.24, 2.45) is 0 Å². The molecule has 7 nitrogen and oxygen atoms in total. The van der Waals surface area contributed by atoms with E-state index in [0.29, 0.717) is 11.4 Å². The van der Waals surface area contributed by atoms with Gasteiger partial charge in [0.1, 0.15) is 5.82 Å². The molecule has 1 aromatic heterocycles. The molecule has 0 spiro atoms. The summed E-state index contributed by atoms with van der Waals surface area (Å²) in [5.74, 6) is -0.962. The summed E-state index contributed by atoms with van der Waals surface area (Å²) in [6.07, 6.45) is 1.61. The topological polar surface area (TPSA) is 76.5 Å². The van der Waals surface area contributed by atoms with Crippen LogP contribution in [0.4, 0.5) is 10.1 Å². The molecule has 3 aromatic rings. The van der Waals surface area contributed by atoms with Crippen LogP contribution in [0.5, 0.6) is 5.75 Å². The summed E-state index contributed by atoms with van der Waals surface area (Å²) < 4.78 is 19.7. The maximum absolute atomic E-state index is 12.9. The third-order valence-corrected chi connectivity index (χ3v) is 3.98. The molecular weight excluding hydrogens is 363 g/mol. The Morgan fingerprint density at radius 2 is 1.82 bits per heavy atom. The van der Waals surface area contributed by atoms with Gasteiger partial charge in [0, 0.05) is 12.7 Å². The molecule has 8 heteroatoms. The highest BCUT2D eigenvalue weighted by Gasteiger charge is 2.23. The number of carbonyl (C=O) groups excluding carboxylic acids is 2. The fourth-order valence-electron chi connectivity index (χ4n) is 2.57. The molecule has 28 heavy (non-hydrogen) atoms. The summed E-state index contributed by atoms with van der Waals surface area (Å²) in [6, 6.07) is 14.7. The lowest BCUT2D eigenvalue weighted by atomic mass is 10.3. The SMILES string of the molecule is COc1cn(-c2ccccc2)nc1C(=O)N(C)CC(=O)Nc1ccc(F)cc1. The Hall–Kier alpha value is -3.68. The van der Waals surface area contributed by atoms with Crippen LogP contribution < -0.4 is 10.1 Å². The molecule has 1 heterocycles. The Bertz CT molecular complexity index is 971. The number of likely N-dealkylation sites (N-methyl/N-ethyl adjacent to an activating group) is 1. The van der Waals surface area contributed by atoms with Crippen molar-refractivity contribution in [1.29, 1.82) is 0 Å². The van der Waals surface area contributed by atoms with Crippen molar-refractivity contribution in [3.8, 4) is 11.4 Å². The van der Waals surface area contributed by atoms with Gasteiger partial charge in [-0.15, -0.1) is 0 Å². The zero-order chi connectivity index (χ0) is 20.1. The van der Waals surface area contributed by atoms with Crippen molar-refractivity contribution in [1.82, 2.24) is 14.7 Å². The molecule has 0 saturated heterocycles. The lowest BCUT2D eigenvalue weighted by Crippen LogP contribution is -2.35. The van der Waals surface area contributed by atoms with Crippen LogP contribution in [0.1, 0.15) is 10.5 Å². The first-order valence-electron chi connectivity index (χ1n) is 8.48. The zero-order valence-corrected chi connectivity index (χ0v) is 15.4. The first-order chi connectivity index (χ1) is 13.5. The van der Waals surface area contributed by atoms with E-state index in [1.54, 1.807) is 10.9 Å². The molecule has 144 valence electrons. The third-order valence-electron chi connectivity index (χ3n) is 3.98. The average Bonchev–Trinajstić information content (AvgIpc) is 3.14. The molecule has 0 aliphatic rings. The highest BCUT2D eigenvalue weighted by atomic mass is 19.1. The minimum Gasteiger partial charge on any atom is -0.493 e. The fourth-order valence-corrected chi connectivity index (χ4v) is 2.57. The second-order valence-electron chi connectivity index (χ2n) is 6.04. The molecule has 0 fully saturated rings. The molecule has 0 saturated carbocycles. The smallest absolute Gasteiger partial charge is 0.278 e. The van der Waals surface area contributed by atoms with Gasteiger partial charge in [0.15, 0.2) is 11.4 Å². The predicted octanol–water partition coefficient (Wildman–Crippen LogP) is 2.73. The van der Waals surface area contributed by atoms with Crippen LogP contribution in [0, 0.1) is 5.82 Å². The van der Waals surface area contributed by atoms with E-state index in [4.69, 9.17) is 4.74 Å². The number of halogens is 1. The molecule has 1 N–H and O–H groups in total. The average molecular weight is 382 g/mol. The van der Waals surface area contributed by atoms with Crippen LogP contribution in [0.3, 0.4) is 0 Å². The predicted molar refractivity (Wildman–Crippen MR) is 102 cm³/mol. The second-order valence-corrected chi connectivity index (χ2v) is 6.04. The Morgan fingerprint density at radius 1 is 1.14 bits per heavy atom. The summed E-state index contributed by atoms with van der Waals surface area (Å²) in [7, 11) is 2.94. The molecule has 3 rings (SSSR count). The quantitative estimate of drug-likeness (QED) is 0.711. The minimum atomic E-state index is -0.458. The number of ether oxygens (including phenoxy) is 1. The van der Waals surface area contributed by atoms with Gasteiger partial charge < -0.3 is 15.0 Å². The first-order valence-corrected chi connectivity index (χ1v) is 8.48. The number of benzene rings is 2. The largest absolute Gasteiger partial charge is 0.493 e. The highest BCUT2D eigenvalue weighted by molar-refractivity contribution is 5.99. The number of carbonyl (C=O) groups is 2. The Morgan fingerprint density at radius 3 is 2.46 bits per heavy atom. The molecule has 0 unspecified atom stereocenters. The maximum Gasteiger partial charge on any atom is 0.278 e. The second kappa shape index (κ2) is 8.34. The molecule has 2 amide bonds. The van der Waals surface area contributed by atoms with E-state index in [9.17, 15) is 14.0 Å². The van der Waals surface area contributed by atoms with E-state index >= 15 is 0 Å². The maximum atomic E-state index is 12.9. The van der Waals surface area contributed by atoms with E-state index in [0.717, 1.165) is 5.69 Å². The monoisotopic (exact) mass is 382 g/mol. The standard InChI is InChI=1S/C20H19FN4O3/c1-24(13-18(26)22-15-10-8-14(21)9-11-15)20(27)19-17(28-2)12-25(23-19)16-6-4-3-5-7-16/h3-12H,13H2,1-2H3,(H,22,26). The highest BCUT2D eigenvalue weighted by Crippen LogP contribution is 2.20. The van der Waals surface area contributed by atoms with Gasteiger partial charge >= 0.3 is 0 Å². The number of nitrogens with zero attached hydrogens (tertiary/aromatic N) is 3. The molecule has 0 aliphatic heterocycles. The molecule has 0 aliphatic carbocycles. The van der Waals surface area contributed by atoms with E-state index in [-0.39, 0.29) is 12.2 Å². The summed E-state index contributed by atoms with van der Waals surface area (Å²) in [5.41, 5.74) is 1.32. The Balaban J connectivity index is 1.71. The summed E-state index contributed by atoms with van der Waals surface area (Å²) in [4.78, 5) is 26.1.